The van der Waals surface area contributed by atoms with Crippen LogP contribution in [0.1, 0.15) is 36.0 Å². The zero-order chi connectivity index (χ0) is 15.9. The maximum atomic E-state index is 5.51. The number of guanidine groups is 1. The first-order valence-corrected chi connectivity index (χ1v) is 7.32. The zero-order valence-corrected chi connectivity index (χ0v) is 13.4. The predicted octanol–water partition coefficient (Wildman–Crippen LogP) is 1.28. The summed E-state index contributed by atoms with van der Waals surface area (Å²) in [7, 11) is 0. The summed E-state index contributed by atoms with van der Waals surface area (Å²) in [5.74, 6) is 3.40. The zero-order valence-electron chi connectivity index (χ0n) is 13.4. The number of aryl methyl sites for hydroxylation is 3. The first-order valence-electron chi connectivity index (χ1n) is 7.32. The van der Waals surface area contributed by atoms with E-state index in [-0.39, 0.29) is 0 Å². The smallest absolute Gasteiger partial charge is 0.228 e. The molecular weight excluding hydrogens is 284 g/mol. The van der Waals surface area contributed by atoms with Gasteiger partial charge in [0.2, 0.25) is 11.8 Å². The summed E-state index contributed by atoms with van der Waals surface area (Å²) >= 11 is 0. The first kappa shape index (κ1) is 16.0. The molecule has 120 valence electrons. The summed E-state index contributed by atoms with van der Waals surface area (Å²) in [6.07, 6.45) is 0.641. The molecule has 0 aliphatic carbocycles. The fraction of sp³-hybridized carbons (Fsp3) is 0.571. The number of aliphatic imine (C=N–C) groups is 1. The molecule has 0 radical (unpaired) electrons. The molecule has 0 aliphatic rings. The molecule has 2 heterocycles. The molecule has 8 heteroatoms. The Hall–Kier alpha value is -2.38. The molecule has 8 nitrogen and oxygen atoms in total. The minimum Gasteiger partial charge on any atom is -0.444 e. The third kappa shape index (κ3) is 4.57. The first-order chi connectivity index (χ1) is 10.6. The van der Waals surface area contributed by atoms with Crippen LogP contribution in [0.2, 0.25) is 0 Å². The molecule has 0 aromatic carbocycles. The van der Waals surface area contributed by atoms with Gasteiger partial charge < -0.3 is 19.6 Å². The summed E-state index contributed by atoms with van der Waals surface area (Å²) in [6, 6.07) is 0. The molecule has 22 heavy (non-hydrogen) atoms. The molecule has 2 aromatic heterocycles. The Labute approximate surface area is 129 Å². The molecule has 0 unspecified atom stereocenters. The Kier molecular flexibility index (Phi) is 5.51. The Balaban J connectivity index is 1.86. The average molecular weight is 306 g/mol. The van der Waals surface area contributed by atoms with Crippen molar-refractivity contribution in [2.24, 2.45) is 4.99 Å². The molecular formula is C14H22N6O2. The van der Waals surface area contributed by atoms with Crippen LogP contribution >= 0.6 is 0 Å². The Morgan fingerprint density at radius 2 is 1.95 bits per heavy atom. The molecule has 0 spiro atoms. The van der Waals surface area contributed by atoms with E-state index in [1.807, 2.05) is 20.8 Å². The quantitative estimate of drug-likeness (QED) is 0.612. The van der Waals surface area contributed by atoms with Crippen LogP contribution in [-0.4, -0.2) is 34.2 Å². The normalized spacial score (nSPS) is 11.7. The van der Waals surface area contributed by atoms with Gasteiger partial charge in [-0.2, -0.15) is 4.98 Å². The summed E-state index contributed by atoms with van der Waals surface area (Å²) in [6.45, 7) is 9.44. The van der Waals surface area contributed by atoms with Gasteiger partial charge in [0.25, 0.3) is 0 Å². The van der Waals surface area contributed by atoms with Crippen molar-refractivity contribution < 1.29 is 8.94 Å². The van der Waals surface area contributed by atoms with Gasteiger partial charge in [-0.05, 0) is 27.7 Å². The number of hydrogen-bond acceptors (Lipinski definition) is 6. The van der Waals surface area contributed by atoms with Crippen LogP contribution in [0, 0.1) is 20.8 Å². The van der Waals surface area contributed by atoms with E-state index < -0.39 is 0 Å². The van der Waals surface area contributed by atoms with Gasteiger partial charge in [0, 0.05) is 19.5 Å². The molecule has 0 fully saturated rings. The monoisotopic (exact) mass is 306 g/mol. The van der Waals surface area contributed by atoms with Gasteiger partial charge in [-0.25, -0.2) is 9.98 Å². The SMILES string of the molecule is CCNC(=NCc1nc(C)c(C)o1)NCCc1nc(C)no1. The van der Waals surface area contributed by atoms with Crippen molar-refractivity contribution in [3.63, 3.8) is 0 Å². The van der Waals surface area contributed by atoms with Gasteiger partial charge in [0.1, 0.15) is 12.3 Å². The molecule has 0 saturated heterocycles. The van der Waals surface area contributed by atoms with Gasteiger partial charge in [0.05, 0.1) is 5.69 Å². The van der Waals surface area contributed by atoms with Crippen LogP contribution < -0.4 is 10.6 Å². The second kappa shape index (κ2) is 7.58. The van der Waals surface area contributed by atoms with E-state index >= 15 is 0 Å². The molecule has 2 N–H and O–H groups in total. The fourth-order valence-electron chi connectivity index (χ4n) is 1.82. The van der Waals surface area contributed by atoms with Crippen molar-refractivity contribution in [2.45, 2.75) is 40.7 Å². The Morgan fingerprint density at radius 3 is 2.55 bits per heavy atom. The van der Waals surface area contributed by atoms with Crippen LogP contribution in [0.5, 0.6) is 0 Å². The summed E-state index contributed by atoms with van der Waals surface area (Å²) in [5.41, 5.74) is 0.898. The summed E-state index contributed by atoms with van der Waals surface area (Å²) in [4.78, 5) is 12.9. The van der Waals surface area contributed by atoms with Crippen molar-refractivity contribution in [1.82, 2.24) is 25.8 Å². The highest BCUT2D eigenvalue weighted by Crippen LogP contribution is 2.08. The second-order valence-corrected chi connectivity index (χ2v) is 4.86. The highest BCUT2D eigenvalue weighted by molar-refractivity contribution is 5.79. The number of aromatic nitrogens is 3. The lowest BCUT2D eigenvalue weighted by Crippen LogP contribution is -2.38. The largest absolute Gasteiger partial charge is 0.444 e. The molecule has 0 saturated carbocycles. The number of hydrogen-bond donors (Lipinski definition) is 2. The van der Waals surface area contributed by atoms with Crippen molar-refractivity contribution in [1.29, 1.82) is 0 Å². The topological polar surface area (TPSA) is 101 Å². The number of nitrogens with zero attached hydrogens (tertiary/aromatic N) is 4. The van der Waals surface area contributed by atoms with Crippen LogP contribution in [0.4, 0.5) is 0 Å². The highest BCUT2D eigenvalue weighted by Gasteiger charge is 2.06. The van der Waals surface area contributed by atoms with E-state index in [2.05, 4.69) is 30.8 Å². The van der Waals surface area contributed by atoms with Crippen LogP contribution in [0.3, 0.4) is 0 Å². The minimum absolute atomic E-state index is 0.393. The Morgan fingerprint density at radius 1 is 1.14 bits per heavy atom. The van der Waals surface area contributed by atoms with Crippen molar-refractivity contribution in [3.05, 3.63) is 29.1 Å². The van der Waals surface area contributed by atoms with Crippen molar-refractivity contribution in [3.8, 4) is 0 Å². The molecule has 2 aromatic rings. The lowest BCUT2D eigenvalue weighted by Gasteiger charge is -2.09. The third-order valence-corrected chi connectivity index (χ3v) is 2.99. The van der Waals surface area contributed by atoms with E-state index in [1.54, 1.807) is 6.92 Å². The molecule has 0 bridgehead atoms. The predicted molar refractivity (Wildman–Crippen MR) is 81.5 cm³/mol. The number of rotatable bonds is 6. The lowest BCUT2D eigenvalue weighted by atomic mass is 10.4. The number of oxazole rings is 1. The summed E-state index contributed by atoms with van der Waals surface area (Å²) in [5, 5.41) is 10.1. The molecule has 2 rings (SSSR count). The third-order valence-electron chi connectivity index (χ3n) is 2.99. The van der Waals surface area contributed by atoms with Crippen molar-refractivity contribution >= 4 is 5.96 Å². The van der Waals surface area contributed by atoms with E-state index in [4.69, 9.17) is 8.94 Å². The Bertz CT molecular complexity index is 612. The second-order valence-electron chi connectivity index (χ2n) is 4.86. The molecule has 0 aliphatic heterocycles. The van der Waals surface area contributed by atoms with Gasteiger partial charge in [0.15, 0.2) is 11.8 Å². The van der Waals surface area contributed by atoms with Gasteiger partial charge >= 0.3 is 0 Å². The van der Waals surface area contributed by atoms with Gasteiger partial charge in [-0.3, -0.25) is 0 Å². The maximum absolute atomic E-state index is 5.51. The molecule has 0 atom stereocenters. The van der Waals surface area contributed by atoms with Crippen LogP contribution in [-0.2, 0) is 13.0 Å². The van der Waals surface area contributed by atoms with Crippen LogP contribution in [0.15, 0.2) is 13.9 Å². The van der Waals surface area contributed by atoms with Gasteiger partial charge in [-0.1, -0.05) is 5.16 Å². The van der Waals surface area contributed by atoms with Crippen LogP contribution in [0.25, 0.3) is 0 Å². The van der Waals surface area contributed by atoms with Crippen molar-refractivity contribution in [2.75, 3.05) is 13.1 Å². The lowest BCUT2D eigenvalue weighted by molar-refractivity contribution is 0.374. The maximum Gasteiger partial charge on any atom is 0.228 e. The van der Waals surface area contributed by atoms with Gasteiger partial charge in [-0.15, -0.1) is 0 Å². The minimum atomic E-state index is 0.393. The summed E-state index contributed by atoms with van der Waals surface area (Å²) < 4.78 is 10.6. The number of nitrogens with one attached hydrogen (secondary N) is 2. The molecule has 0 amide bonds. The highest BCUT2D eigenvalue weighted by atomic mass is 16.5. The van der Waals surface area contributed by atoms with E-state index in [9.17, 15) is 0 Å². The van der Waals surface area contributed by atoms with E-state index in [0.717, 1.165) is 18.0 Å². The van der Waals surface area contributed by atoms with E-state index in [0.29, 0.717) is 43.1 Å². The average Bonchev–Trinajstić information content (AvgIpc) is 3.03. The standard InChI is InChI=1S/C14H22N6O2/c1-5-15-14(16-7-6-12-19-11(4)20-22-12)17-8-13-18-9(2)10(3)21-13/h5-8H2,1-4H3,(H2,15,16,17). The van der Waals surface area contributed by atoms with E-state index in [1.165, 1.54) is 0 Å². The fourth-order valence-corrected chi connectivity index (χ4v) is 1.82.